The van der Waals surface area contributed by atoms with Gasteiger partial charge in [0.2, 0.25) is 17.7 Å². The molecule has 0 aliphatic heterocycles. The molecule has 4 unspecified atom stereocenters. The van der Waals surface area contributed by atoms with Gasteiger partial charge in [0, 0.05) is 31.9 Å². The number of rotatable bonds is 19. The van der Waals surface area contributed by atoms with Gasteiger partial charge in [0.25, 0.3) is 0 Å². The van der Waals surface area contributed by atoms with Crippen LogP contribution < -0.4 is 38.9 Å². The summed E-state index contributed by atoms with van der Waals surface area (Å²) < 4.78 is 2.12. The number of carbonyl (C=O) groups is 4. The number of imidazole rings is 1. The Morgan fingerprint density at radius 2 is 1.49 bits per heavy atom. The summed E-state index contributed by atoms with van der Waals surface area (Å²) in [5.74, 6) is -1.91. The van der Waals surface area contributed by atoms with Crippen LogP contribution in [0, 0.1) is 4.77 Å². The van der Waals surface area contributed by atoms with Gasteiger partial charge in [0.15, 0.2) is 16.5 Å². The fraction of sp³-hybridized carbons (Fsp3) is 0.562. The largest absolute Gasteiger partial charge is 0.370 e. The number of carbonyl (C=O) groups excluding carboxylic acids is 4. The molecule has 0 spiro atoms. The van der Waals surface area contributed by atoms with Gasteiger partial charge in [-0.05, 0) is 69.8 Å². The fourth-order valence-corrected chi connectivity index (χ4v) is 4.64. The van der Waals surface area contributed by atoms with Crippen molar-refractivity contribution in [3.63, 3.8) is 0 Å². The molecule has 0 radical (unpaired) electrons. The van der Waals surface area contributed by atoms with Gasteiger partial charge in [-0.25, -0.2) is 0 Å². The zero-order chi connectivity index (χ0) is 35.4. The van der Waals surface area contributed by atoms with E-state index in [9.17, 15) is 19.2 Å². The van der Waals surface area contributed by atoms with Gasteiger partial charge in [-0.3, -0.25) is 24.2 Å². The smallest absolute Gasteiger partial charge is 0.243 e. The molecule has 0 saturated heterocycles. The van der Waals surface area contributed by atoms with Gasteiger partial charge in [-0.1, -0.05) is 50.6 Å². The highest BCUT2D eigenvalue weighted by atomic mass is 32.1. The van der Waals surface area contributed by atoms with E-state index in [0.29, 0.717) is 49.2 Å². The minimum atomic E-state index is -1.08. The number of hydrogen-bond donors (Lipinski definition) is 8. The summed E-state index contributed by atoms with van der Waals surface area (Å²) in [7, 11) is 1.73. The van der Waals surface area contributed by atoms with E-state index in [4.69, 9.17) is 35.2 Å². The number of ketones is 1. The van der Waals surface area contributed by atoms with Crippen molar-refractivity contribution >= 4 is 41.7 Å². The average Bonchev–Trinajstić information content (AvgIpc) is 3.34. The first-order chi connectivity index (χ1) is 22.3. The second-order valence-electron chi connectivity index (χ2n) is 11.4. The minimum Gasteiger partial charge on any atom is -0.370 e. The molecule has 3 amide bonds. The molecule has 262 valence electrons. The molecule has 0 aliphatic carbocycles. The summed E-state index contributed by atoms with van der Waals surface area (Å²) in [5.41, 5.74) is 24.0. The topological polar surface area (TPSA) is 242 Å². The van der Waals surface area contributed by atoms with Crippen molar-refractivity contribution in [1.29, 1.82) is 0 Å². The molecule has 0 fully saturated rings. The molecular weight excluding hydrogens is 620 g/mol. The number of benzene rings is 1. The third kappa shape index (κ3) is 15.9. The molecule has 0 aliphatic rings. The van der Waals surface area contributed by atoms with Gasteiger partial charge < -0.3 is 48.4 Å². The number of amides is 3. The summed E-state index contributed by atoms with van der Waals surface area (Å²) in [6.45, 7) is 6.38. The highest BCUT2D eigenvalue weighted by molar-refractivity contribution is 7.71. The van der Waals surface area contributed by atoms with E-state index in [1.54, 1.807) is 17.8 Å². The Morgan fingerprint density at radius 1 is 0.894 bits per heavy atom. The normalized spacial score (nSPS) is 13.1. The molecule has 12 N–H and O–H groups in total. The number of aromatic amines is 1. The monoisotopic (exact) mass is 674 g/mol. The first kappa shape index (κ1) is 40.9. The highest BCUT2D eigenvalue weighted by Gasteiger charge is 2.30. The van der Waals surface area contributed by atoms with Crippen LogP contribution in [0.1, 0.15) is 70.6 Å². The lowest BCUT2D eigenvalue weighted by Crippen LogP contribution is -2.57. The highest BCUT2D eigenvalue weighted by Crippen LogP contribution is 2.09. The Bertz CT molecular complexity index is 1340. The third-order valence-electron chi connectivity index (χ3n) is 7.12. The second kappa shape index (κ2) is 22.4. The van der Waals surface area contributed by atoms with Crippen molar-refractivity contribution in [3.05, 3.63) is 52.6 Å². The number of nitrogens with two attached hydrogens (primary N) is 4. The zero-order valence-electron chi connectivity index (χ0n) is 28.1. The van der Waals surface area contributed by atoms with Crippen LogP contribution in [0.2, 0.25) is 0 Å². The number of nitrogens with zero attached hydrogens (tertiary/aromatic N) is 2. The van der Waals surface area contributed by atoms with Crippen molar-refractivity contribution in [2.75, 3.05) is 13.1 Å². The fourth-order valence-electron chi connectivity index (χ4n) is 4.47. The lowest BCUT2D eigenvalue weighted by molar-refractivity contribution is -0.133. The molecule has 15 heteroatoms. The van der Waals surface area contributed by atoms with Crippen LogP contribution in [0.25, 0.3) is 0 Å². The quantitative estimate of drug-likeness (QED) is 0.0455. The molecule has 2 aromatic rings. The van der Waals surface area contributed by atoms with Crippen LogP contribution >= 0.6 is 12.2 Å². The van der Waals surface area contributed by atoms with Crippen molar-refractivity contribution in [2.24, 2.45) is 35.0 Å². The van der Waals surface area contributed by atoms with Gasteiger partial charge in [-0.2, -0.15) is 0 Å². The number of guanidine groups is 1. The Kier molecular flexibility index (Phi) is 19.6. The number of nitrogens with one attached hydrogen (secondary N) is 4. The average molecular weight is 675 g/mol. The third-order valence-corrected chi connectivity index (χ3v) is 7.51. The maximum absolute atomic E-state index is 13.7. The number of aromatic nitrogens is 2. The Labute approximate surface area is 282 Å². The van der Waals surface area contributed by atoms with E-state index in [1.165, 1.54) is 13.3 Å². The molecule has 1 heterocycles. The predicted octanol–water partition coefficient (Wildman–Crippen LogP) is 0.837. The van der Waals surface area contributed by atoms with Crippen LogP contribution in [0.4, 0.5) is 0 Å². The van der Waals surface area contributed by atoms with E-state index in [1.807, 2.05) is 30.3 Å². The van der Waals surface area contributed by atoms with E-state index in [0.717, 1.165) is 5.56 Å². The standard InChI is InChI=1S/C29H46N10O4S.C3H8/c1-18(40)23(15-19-9-4-3-5-10-19)37-26(42)22(12-6-7-13-30)36-27(43)24(16-20-17-35-29(44)39(20)2)38-25(41)21(31)11-8-14-34-28(32)33;1-3-2/h3-5,9-10,17,21-24H,6-8,11-16,30-31H2,1-2H3,(H,35,44)(H,36,43)(H,37,42)(H,38,41)(H4,32,33,34);3H2,1-2H3. The Morgan fingerprint density at radius 3 is 2.04 bits per heavy atom. The minimum absolute atomic E-state index is 0.0556. The maximum atomic E-state index is 13.7. The number of unbranched alkanes of at least 4 members (excludes halogenated alkanes) is 1. The Hall–Kier alpha value is -4.08. The van der Waals surface area contributed by atoms with E-state index in [-0.39, 0.29) is 31.0 Å². The number of hydrogen-bond acceptors (Lipinski definition) is 8. The first-order valence-electron chi connectivity index (χ1n) is 16.0. The van der Waals surface area contributed by atoms with E-state index >= 15 is 0 Å². The molecule has 14 nitrogen and oxygen atoms in total. The molecular formula is C32H54N10O4S. The van der Waals surface area contributed by atoms with Gasteiger partial charge >= 0.3 is 0 Å². The van der Waals surface area contributed by atoms with Gasteiger partial charge in [-0.15, -0.1) is 0 Å². The summed E-state index contributed by atoms with van der Waals surface area (Å²) >= 11 is 5.25. The molecule has 4 atom stereocenters. The number of aliphatic imine (C=N–C) groups is 1. The molecule has 2 rings (SSSR count). The second-order valence-corrected chi connectivity index (χ2v) is 11.8. The van der Waals surface area contributed by atoms with E-state index in [2.05, 4.69) is 39.8 Å². The lowest BCUT2D eigenvalue weighted by Gasteiger charge is -2.26. The van der Waals surface area contributed by atoms with Crippen molar-refractivity contribution in [3.8, 4) is 0 Å². The predicted molar refractivity (Wildman–Crippen MR) is 188 cm³/mol. The maximum Gasteiger partial charge on any atom is 0.243 e. The molecule has 47 heavy (non-hydrogen) atoms. The van der Waals surface area contributed by atoms with Crippen molar-refractivity contribution in [1.82, 2.24) is 25.5 Å². The Balaban J connectivity index is 0.00000354. The van der Waals surface area contributed by atoms with Gasteiger partial charge in [0.05, 0.1) is 12.1 Å². The molecule has 0 saturated carbocycles. The SMILES string of the molecule is CC(=O)C(Cc1ccccc1)NC(=O)C(CCCCN)NC(=O)C(Cc1c[nH]c(=S)n1C)NC(=O)C(N)CCCN=C(N)N.CCC. The lowest BCUT2D eigenvalue weighted by atomic mass is 10.0. The van der Waals surface area contributed by atoms with Crippen LogP contribution in [0.15, 0.2) is 41.5 Å². The van der Waals surface area contributed by atoms with Crippen LogP contribution in [-0.2, 0) is 39.1 Å². The first-order valence-corrected chi connectivity index (χ1v) is 16.4. The summed E-state index contributed by atoms with van der Waals surface area (Å²) in [6, 6.07) is 5.55. The van der Waals surface area contributed by atoms with Crippen LogP contribution in [-0.4, -0.2) is 76.3 Å². The summed E-state index contributed by atoms with van der Waals surface area (Å²) in [6.07, 6.45) is 5.49. The van der Waals surface area contributed by atoms with Crippen LogP contribution in [0.3, 0.4) is 0 Å². The zero-order valence-corrected chi connectivity index (χ0v) is 28.9. The van der Waals surface area contributed by atoms with Gasteiger partial charge in [0.1, 0.15) is 12.1 Å². The molecule has 1 aromatic carbocycles. The van der Waals surface area contributed by atoms with Crippen molar-refractivity contribution in [2.45, 2.75) is 96.3 Å². The number of Topliss-reactive ketones (excluding diaryl/α,β-unsaturated/α-hetero) is 1. The van der Waals surface area contributed by atoms with Crippen LogP contribution in [0.5, 0.6) is 0 Å². The summed E-state index contributed by atoms with van der Waals surface area (Å²) in [4.78, 5) is 59.4. The molecule has 0 bridgehead atoms. The molecule has 1 aromatic heterocycles. The number of H-pyrrole nitrogens is 1. The van der Waals surface area contributed by atoms with E-state index < -0.39 is 41.9 Å². The van der Waals surface area contributed by atoms with Crippen molar-refractivity contribution < 1.29 is 19.2 Å². The summed E-state index contributed by atoms with van der Waals surface area (Å²) in [5, 5.41) is 8.32.